The van der Waals surface area contributed by atoms with Crippen molar-refractivity contribution in [2.45, 2.75) is 31.8 Å². The van der Waals surface area contributed by atoms with Gasteiger partial charge in [0, 0.05) is 31.2 Å². The van der Waals surface area contributed by atoms with Crippen molar-refractivity contribution in [1.82, 2.24) is 15.5 Å². The van der Waals surface area contributed by atoms with Gasteiger partial charge in [0.2, 0.25) is 5.88 Å². The van der Waals surface area contributed by atoms with Crippen LogP contribution in [0.1, 0.15) is 25.0 Å². The van der Waals surface area contributed by atoms with Crippen molar-refractivity contribution in [3.63, 3.8) is 0 Å². The lowest BCUT2D eigenvalue weighted by molar-refractivity contribution is 0.165. The molecular weight excluding hydrogens is 230 g/mol. The second kappa shape index (κ2) is 5.63. The second-order valence-corrected chi connectivity index (χ2v) is 5.06. The van der Waals surface area contributed by atoms with E-state index >= 15 is 0 Å². The van der Waals surface area contributed by atoms with Crippen LogP contribution in [0.5, 0.6) is 5.88 Å². The van der Waals surface area contributed by atoms with E-state index in [1.54, 1.807) is 0 Å². The zero-order valence-electron chi connectivity index (χ0n) is 10.5. The summed E-state index contributed by atoms with van der Waals surface area (Å²) in [4.78, 5) is 0. The van der Waals surface area contributed by atoms with Gasteiger partial charge in [-0.25, -0.2) is 0 Å². The molecule has 1 saturated heterocycles. The summed E-state index contributed by atoms with van der Waals surface area (Å²) < 4.78 is 10.9. The molecule has 18 heavy (non-hydrogen) atoms. The van der Waals surface area contributed by atoms with Gasteiger partial charge in [-0.2, -0.15) is 5.10 Å². The Morgan fingerprint density at radius 1 is 1.28 bits per heavy atom. The van der Waals surface area contributed by atoms with E-state index in [0.29, 0.717) is 24.4 Å². The third-order valence-electron chi connectivity index (χ3n) is 3.34. The fraction of sp³-hybridized carbons (Fsp3) is 0.692. The summed E-state index contributed by atoms with van der Waals surface area (Å²) in [6, 6.07) is 4.57. The second-order valence-electron chi connectivity index (χ2n) is 5.06. The molecule has 0 radical (unpaired) electrons. The third-order valence-corrected chi connectivity index (χ3v) is 3.34. The van der Waals surface area contributed by atoms with Crippen molar-refractivity contribution >= 4 is 0 Å². The fourth-order valence-electron chi connectivity index (χ4n) is 1.97. The number of hydrogen-bond donors (Lipinski definition) is 1. The van der Waals surface area contributed by atoms with E-state index in [-0.39, 0.29) is 0 Å². The van der Waals surface area contributed by atoms with Crippen molar-refractivity contribution in [1.29, 1.82) is 0 Å². The maximum Gasteiger partial charge on any atom is 0.233 e. The molecule has 0 aromatic carbocycles. The smallest absolute Gasteiger partial charge is 0.233 e. The van der Waals surface area contributed by atoms with Crippen LogP contribution in [0.2, 0.25) is 0 Å². The van der Waals surface area contributed by atoms with Gasteiger partial charge in [-0.3, -0.25) is 0 Å². The fourth-order valence-corrected chi connectivity index (χ4v) is 1.97. The summed E-state index contributed by atoms with van der Waals surface area (Å²) in [5.41, 5.74) is 0.971. The Labute approximate surface area is 107 Å². The number of hydrogen-bond acceptors (Lipinski definition) is 5. The average Bonchev–Trinajstić information content (AvgIpc) is 3.09. The molecule has 0 amide bonds. The standard InChI is InChI=1S/C13H19N3O2/c1-2-11(1)14-7-12-3-4-13(16-15-12)18-9-10-5-6-17-8-10/h3-4,10-11,14H,1-2,5-9H2. The lowest BCUT2D eigenvalue weighted by Crippen LogP contribution is -2.17. The Hall–Kier alpha value is -1.20. The first kappa shape index (κ1) is 11.9. The van der Waals surface area contributed by atoms with Gasteiger partial charge in [-0.05, 0) is 25.3 Å². The van der Waals surface area contributed by atoms with Crippen LogP contribution in [-0.2, 0) is 11.3 Å². The molecule has 1 aromatic rings. The van der Waals surface area contributed by atoms with E-state index in [4.69, 9.17) is 9.47 Å². The summed E-state index contributed by atoms with van der Waals surface area (Å²) in [6.45, 7) is 3.13. The van der Waals surface area contributed by atoms with Crippen LogP contribution < -0.4 is 10.1 Å². The predicted octanol–water partition coefficient (Wildman–Crippen LogP) is 1.14. The molecule has 1 aliphatic heterocycles. The maximum atomic E-state index is 5.61. The summed E-state index contributed by atoms with van der Waals surface area (Å²) in [5, 5.41) is 11.6. The topological polar surface area (TPSA) is 56.3 Å². The largest absolute Gasteiger partial charge is 0.476 e. The first-order valence-electron chi connectivity index (χ1n) is 6.67. The van der Waals surface area contributed by atoms with E-state index in [1.807, 2.05) is 12.1 Å². The number of nitrogens with zero attached hydrogens (tertiary/aromatic N) is 2. The highest BCUT2D eigenvalue weighted by atomic mass is 16.5. The molecule has 2 heterocycles. The maximum absolute atomic E-state index is 5.61. The monoisotopic (exact) mass is 249 g/mol. The van der Waals surface area contributed by atoms with Gasteiger partial charge in [-0.15, -0.1) is 5.10 Å². The van der Waals surface area contributed by atoms with Crippen molar-refractivity contribution in [3.05, 3.63) is 17.8 Å². The molecular formula is C13H19N3O2. The van der Waals surface area contributed by atoms with Gasteiger partial charge in [0.1, 0.15) is 0 Å². The highest BCUT2D eigenvalue weighted by molar-refractivity contribution is 5.11. The molecule has 1 unspecified atom stereocenters. The molecule has 5 heteroatoms. The number of rotatable bonds is 6. The van der Waals surface area contributed by atoms with E-state index in [9.17, 15) is 0 Å². The summed E-state index contributed by atoms with van der Waals surface area (Å²) in [6.07, 6.45) is 3.66. The van der Waals surface area contributed by atoms with Crippen LogP contribution in [0.25, 0.3) is 0 Å². The van der Waals surface area contributed by atoms with Gasteiger partial charge < -0.3 is 14.8 Å². The van der Waals surface area contributed by atoms with Crippen molar-refractivity contribution in [2.24, 2.45) is 5.92 Å². The Morgan fingerprint density at radius 2 is 2.22 bits per heavy atom. The summed E-state index contributed by atoms with van der Waals surface area (Å²) in [7, 11) is 0. The van der Waals surface area contributed by atoms with Crippen LogP contribution in [0.15, 0.2) is 12.1 Å². The van der Waals surface area contributed by atoms with Crippen molar-refractivity contribution in [3.8, 4) is 5.88 Å². The molecule has 0 spiro atoms. The molecule has 1 saturated carbocycles. The zero-order valence-corrected chi connectivity index (χ0v) is 10.5. The highest BCUT2D eigenvalue weighted by Crippen LogP contribution is 2.19. The Morgan fingerprint density at radius 3 is 2.89 bits per heavy atom. The van der Waals surface area contributed by atoms with Gasteiger partial charge >= 0.3 is 0 Å². The van der Waals surface area contributed by atoms with E-state index in [2.05, 4.69) is 15.5 Å². The quantitative estimate of drug-likeness (QED) is 0.819. The van der Waals surface area contributed by atoms with Crippen LogP contribution in [-0.4, -0.2) is 36.1 Å². The molecule has 5 nitrogen and oxygen atoms in total. The molecule has 3 rings (SSSR count). The lowest BCUT2D eigenvalue weighted by atomic mass is 10.1. The Kier molecular flexibility index (Phi) is 3.71. The van der Waals surface area contributed by atoms with Gasteiger partial charge in [0.25, 0.3) is 0 Å². The van der Waals surface area contributed by atoms with Crippen molar-refractivity contribution < 1.29 is 9.47 Å². The molecule has 1 N–H and O–H groups in total. The lowest BCUT2D eigenvalue weighted by Gasteiger charge is -2.09. The number of nitrogens with one attached hydrogen (secondary N) is 1. The van der Waals surface area contributed by atoms with Crippen molar-refractivity contribution in [2.75, 3.05) is 19.8 Å². The molecule has 1 aliphatic carbocycles. The third kappa shape index (κ3) is 3.40. The summed E-state index contributed by atoms with van der Waals surface area (Å²) >= 11 is 0. The molecule has 98 valence electrons. The zero-order chi connectivity index (χ0) is 12.2. The van der Waals surface area contributed by atoms with Gasteiger partial charge in [0.15, 0.2) is 0 Å². The average molecular weight is 249 g/mol. The SMILES string of the molecule is c1cc(OCC2CCOC2)nnc1CNC1CC1. The van der Waals surface area contributed by atoms with Crippen LogP contribution in [0, 0.1) is 5.92 Å². The first-order valence-corrected chi connectivity index (χ1v) is 6.67. The van der Waals surface area contributed by atoms with Crippen LogP contribution >= 0.6 is 0 Å². The minimum atomic E-state index is 0.503. The highest BCUT2D eigenvalue weighted by Gasteiger charge is 2.20. The molecule has 1 aromatic heterocycles. The molecule has 0 bridgehead atoms. The van der Waals surface area contributed by atoms with E-state index < -0.39 is 0 Å². The predicted molar refractivity (Wildman–Crippen MR) is 66.3 cm³/mol. The normalized spacial score (nSPS) is 23.2. The Balaban J connectivity index is 1.44. The van der Waals surface area contributed by atoms with Crippen LogP contribution in [0.4, 0.5) is 0 Å². The van der Waals surface area contributed by atoms with E-state index in [1.165, 1.54) is 12.8 Å². The Bertz CT molecular complexity index is 372. The number of ether oxygens (including phenoxy) is 2. The van der Waals surface area contributed by atoms with E-state index in [0.717, 1.165) is 31.9 Å². The molecule has 1 atom stereocenters. The first-order chi connectivity index (χ1) is 8.90. The minimum Gasteiger partial charge on any atom is -0.476 e. The molecule has 2 aliphatic rings. The summed E-state index contributed by atoms with van der Waals surface area (Å²) in [5.74, 6) is 1.11. The number of aromatic nitrogens is 2. The minimum absolute atomic E-state index is 0.503. The van der Waals surface area contributed by atoms with Gasteiger partial charge in [0.05, 0.1) is 18.9 Å². The van der Waals surface area contributed by atoms with Crippen LogP contribution in [0.3, 0.4) is 0 Å². The van der Waals surface area contributed by atoms with Gasteiger partial charge in [-0.1, -0.05) is 0 Å². The molecule has 2 fully saturated rings.